The second-order valence-electron chi connectivity index (χ2n) is 4.56. The molecule has 112 valence electrons. The van der Waals surface area contributed by atoms with E-state index in [0.29, 0.717) is 15.5 Å². The summed E-state index contributed by atoms with van der Waals surface area (Å²) in [7, 11) is 1.65. The summed E-state index contributed by atoms with van der Waals surface area (Å²) in [6.07, 6.45) is 0. The van der Waals surface area contributed by atoms with Gasteiger partial charge in [-0.3, -0.25) is 0 Å². The molecule has 0 fully saturated rings. The summed E-state index contributed by atoms with van der Waals surface area (Å²) in [4.78, 5) is 0. The van der Waals surface area contributed by atoms with E-state index in [0.717, 1.165) is 27.0 Å². The molecule has 0 bridgehead atoms. The lowest BCUT2D eigenvalue weighted by atomic mass is 10.1. The van der Waals surface area contributed by atoms with Gasteiger partial charge < -0.3 is 15.2 Å². The van der Waals surface area contributed by atoms with Crippen molar-refractivity contribution < 1.29 is 9.84 Å². The highest BCUT2D eigenvalue weighted by Crippen LogP contribution is 2.35. The summed E-state index contributed by atoms with van der Waals surface area (Å²) in [5.74, 6) is 0.995. The number of aromatic hydroxyl groups is 1. The summed E-state index contributed by atoms with van der Waals surface area (Å²) in [5, 5.41) is 13.1. The van der Waals surface area contributed by atoms with Crippen molar-refractivity contribution >= 4 is 53.5 Å². The normalized spacial score (nSPS) is 10.5. The van der Waals surface area contributed by atoms with E-state index in [2.05, 4.69) is 53.1 Å². The van der Waals surface area contributed by atoms with Crippen LogP contribution in [0, 0.1) is 6.92 Å². The van der Waals surface area contributed by atoms with E-state index in [-0.39, 0.29) is 5.75 Å². The van der Waals surface area contributed by atoms with Crippen molar-refractivity contribution in [3.8, 4) is 11.5 Å². The fraction of sp³-hybridized carbons (Fsp3) is 0.200. The lowest BCUT2D eigenvalue weighted by Crippen LogP contribution is -2.03. The number of phenolic OH excluding ortho intramolecular Hbond substituents is 1. The second-order valence-corrected chi connectivity index (χ2v) is 7.19. The Bertz CT molecular complexity index is 651. The molecule has 2 rings (SSSR count). The summed E-state index contributed by atoms with van der Waals surface area (Å²) in [6, 6.07) is 7.73. The van der Waals surface area contributed by atoms with Crippen molar-refractivity contribution in [1.82, 2.24) is 0 Å². The summed E-state index contributed by atoms with van der Waals surface area (Å²) in [6.45, 7) is 2.65. The Morgan fingerprint density at radius 3 is 2.29 bits per heavy atom. The van der Waals surface area contributed by atoms with Crippen molar-refractivity contribution in [2.24, 2.45) is 0 Å². The smallest absolute Gasteiger partial charge is 0.143 e. The third-order valence-electron chi connectivity index (χ3n) is 3.03. The number of anilines is 1. The number of benzene rings is 2. The SMILES string of the molecule is COc1cc(Br)cc(C)c1NCc1cc(Br)c(O)c(Br)c1. The number of halogens is 3. The van der Waals surface area contributed by atoms with Gasteiger partial charge in [0.2, 0.25) is 0 Å². The number of hydrogen-bond acceptors (Lipinski definition) is 3. The molecule has 0 aliphatic rings. The van der Waals surface area contributed by atoms with Gasteiger partial charge >= 0.3 is 0 Å². The Labute approximate surface area is 149 Å². The average molecular weight is 480 g/mol. The minimum absolute atomic E-state index is 0.205. The molecule has 0 atom stereocenters. The number of nitrogens with one attached hydrogen (secondary N) is 1. The van der Waals surface area contributed by atoms with Crippen molar-refractivity contribution in [3.05, 3.63) is 48.8 Å². The van der Waals surface area contributed by atoms with Crippen molar-refractivity contribution in [1.29, 1.82) is 0 Å². The highest BCUT2D eigenvalue weighted by atomic mass is 79.9. The number of hydrogen-bond donors (Lipinski definition) is 2. The van der Waals surface area contributed by atoms with E-state index in [1.807, 2.05) is 31.2 Å². The van der Waals surface area contributed by atoms with E-state index >= 15 is 0 Å². The first-order valence-electron chi connectivity index (χ1n) is 6.17. The number of rotatable bonds is 4. The zero-order chi connectivity index (χ0) is 15.6. The van der Waals surface area contributed by atoms with E-state index in [4.69, 9.17) is 4.74 Å². The van der Waals surface area contributed by atoms with Gasteiger partial charge in [0, 0.05) is 11.0 Å². The average Bonchev–Trinajstić information content (AvgIpc) is 2.42. The first-order chi connectivity index (χ1) is 9.92. The Kier molecular flexibility index (Phi) is 5.57. The van der Waals surface area contributed by atoms with Crippen molar-refractivity contribution in [2.45, 2.75) is 13.5 Å². The van der Waals surface area contributed by atoms with E-state index in [1.165, 1.54) is 0 Å². The molecule has 0 amide bonds. The standard InChI is InChI=1S/C15H14Br3NO2/c1-8-3-10(16)6-13(21-2)14(8)19-7-9-4-11(17)15(20)12(18)5-9/h3-6,19-20H,7H2,1-2H3. The summed E-state index contributed by atoms with van der Waals surface area (Å²) >= 11 is 10.1. The quantitative estimate of drug-likeness (QED) is 0.599. The number of aryl methyl sites for hydroxylation is 1. The van der Waals surface area contributed by atoms with Gasteiger partial charge in [0.25, 0.3) is 0 Å². The molecule has 21 heavy (non-hydrogen) atoms. The molecule has 3 nitrogen and oxygen atoms in total. The first kappa shape index (κ1) is 16.6. The van der Waals surface area contributed by atoms with Crippen LogP contribution in [0.1, 0.15) is 11.1 Å². The minimum Gasteiger partial charge on any atom is -0.506 e. The fourth-order valence-corrected chi connectivity index (χ4v) is 3.84. The number of methoxy groups -OCH3 is 1. The van der Waals surface area contributed by atoms with Gasteiger partial charge in [0.1, 0.15) is 11.5 Å². The van der Waals surface area contributed by atoms with E-state index in [9.17, 15) is 5.11 Å². The lowest BCUT2D eigenvalue weighted by molar-refractivity contribution is 0.416. The van der Waals surface area contributed by atoms with Crippen LogP contribution in [0.3, 0.4) is 0 Å². The van der Waals surface area contributed by atoms with E-state index in [1.54, 1.807) is 7.11 Å². The van der Waals surface area contributed by atoms with Crippen LogP contribution in [0.4, 0.5) is 5.69 Å². The number of ether oxygens (including phenoxy) is 1. The highest BCUT2D eigenvalue weighted by Gasteiger charge is 2.10. The predicted molar refractivity (Wildman–Crippen MR) is 96.3 cm³/mol. The van der Waals surface area contributed by atoms with E-state index < -0.39 is 0 Å². The van der Waals surface area contributed by atoms with Crippen LogP contribution in [0.5, 0.6) is 11.5 Å². The molecule has 0 spiro atoms. The molecular formula is C15H14Br3NO2. The molecule has 0 heterocycles. The van der Waals surface area contributed by atoms with Crippen LogP contribution < -0.4 is 10.1 Å². The maximum atomic E-state index is 9.73. The van der Waals surface area contributed by atoms with Crippen LogP contribution in [0.2, 0.25) is 0 Å². The molecular weight excluding hydrogens is 466 g/mol. The second kappa shape index (κ2) is 7.03. The molecule has 0 aromatic heterocycles. The highest BCUT2D eigenvalue weighted by molar-refractivity contribution is 9.11. The predicted octanol–water partition coefficient (Wildman–Crippen LogP) is 5.61. The molecule has 2 aromatic rings. The number of phenols is 1. The van der Waals surface area contributed by atoms with Gasteiger partial charge in [-0.15, -0.1) is 0 Å². The Hall–Kier alpha value is -0.720. The molecule has 0 aliphatic heterocycles. The first-order valence-corrected chi connectivity index (χ1v) is 8.55. The van der Waals surface area contributed by atoms with Gasteiger partial charge in [-0.05, 0) is 74.2 Å². The minimum atomic E-state index is 0.205. The third-order valence-corrected chi connectivity index (χ3v) is 4.70. The Morgan fingerprint density at radius 1 is 1.10 bits per heavy atom. The van der Waals surface area contributed by atoms with Crippen molar-refractivity contribution in [2.75, 3.05) is 12.4 Å². The van der Waals surface area contributed by atoms with Crippen molar-refractivity contribution in [3.63, 3.8) is 0 Å². The fourth-order valence-electron chi connectivity index (χ4n) is 2.01. The largest absolute Gasteiger partial charge is 0.506 e. The molecule has 0 aliphatic carbocycles. The molecule has 2 aromatic carbocycles. The molecule has 0 unspecified atom stereocenters. The summed E-state index contributed by atoms with van der Waals surface area (Å²) < 4.78 is 7.72. The molecule has 0 saturated heterocycles. The van der Waals surface area contributed by atoms with Gasteiger partial charge in [-0.25, -0.2) is 0 Å². The van der Waals surface area contributed by atoms with Crippen LogP contribution in [0.15, 0.2) is 37.7 Å². The van der Waals surface area contributed by atoms with Gasteiger partial charge in [0.15, 0.2) is 0 Å². The maximum Gasteiger partial charge on any atom is 0.143 e. The molecule has 0 saturated carbocycles. The maximum absolute atomic E-state index is 9.73. The van der Waals surface area contributed by atoms with Gasteiger partial charge in [-0.1, -0.05) is 15.9 Å². The van der Waals surface area contributed by atoms with Crippen LogP contribution in [-0.4, -0.2) is 12.2 Å². The van der Waals surface area contributed by atoms with Gasteiger partial charge in [-0.2, -0.15) is 0 Å². The lowest BCUT2D eigenvalue weighted by Gasteiger charge is -2.15. The van der Waals surface area contributed by atoms with Gasteiger partial charge in [0.05, 0.1) is 21.7 Å². The molecule has 6 heteroatoms. The monoisotopic (exact) mass is 477 g/mol. The zero-order valence-corrected chi connectivity index (χ0v) is 16.3. The summed E-state index contributed by atoms with van der Waals surface area (Å²) in [5.41, 5.74) is 3.09. The third kappa shape index (κ3) is 3.93. The van der Waals surface area contributed by atoms with Crippen LogP contribution in [-0.2, 0) is 6.54 Å². The zero-order valence-electron chi connectivity index (χ0n) is 11.5. The topological polar surface area (TPSA) is 41.5 Å². The van der Waals surface area contributed by atoms with Crippen LogP contribution >= 0.6 is 47.8 Å². The Morgan fingerprint density at radius 2 is 1.71 bits per heavy atom. The molecule has 0 radical (unpaired) electrons. The Balaban J connectivity index is 2.24. The van der Waals surface area contributed by atoms with Crippen LogP contribution in [0.25, 0.3) is 0 Å². The molecule has 2 N–H and O–H groups in total.